The van der Waals surface area contributed by atoms with Gasteiger partial charge in [0.2, 0.25) is 0 Å². The van der Waals surface area contributed by atoms with Crippen molar-refractivity contribution in [1.29, 1.82) is 0 Å². The Bertz CT molecular complexity index is 468. The van der Waals surface area contributed by atoms with Gasteiger partial charge in [0.05, 0.1) is 0 Å². The minimum atomic E-state index is 0.794. The predicted octanol–water partition coefficient (Wildman–Crippen LogP) is 4.04. The van der Waals surface area contributed by atoms with Crippen LogP contribution in [-0.4, -0.2) is 0 Å². The lowest BCUT2D eigenvalue weighted by atomic mass is 10.2. The summed E-state index contributed by atoms with van der Waals surface area (Å²) < 4.78 is 8.48. The smallest absolute Gasteiger partial charge is 0.129 e. The second kappa shape index (κ2) is 4.94. The Labute approximate surface area is 101 Å². The number of nitrogens with one attached hydrogen (secondary N) is 1. The zero-order valence-corrected chi connectivity index (χ0v) is 9.87. The lowest BCUT2D eigenvalue weighted by Crippen LogP contribution is -1.86. The molecule has 0 unspecified atom stereocenters. The monoisotopic (exact) mass is 231 g/mol. The molecule has 1 N–H and O–H groups in total. The average molecular weight is 231 g/mol. The number of thiol groups is 1. The van der Waals surface area contributed by atoms with Crippen LogP contribution in [0.2, 0.25) is 0 Å². The summed E-state index contributed by atoms with van der Waals surface area (Å²) in [5, 5.41) is 0. The van der Waals surface area contributed by atoms with E-state index in [1.54, 1.807) is 0 Å². The van der Waals surface area contributed by atoms with Crippen molar-refractivity contribution in [1.82, 2.24) is 0 Å². The maximum absolute atomic E-state index is 5.70. The third-order valence-electron chi connectivity index (χ3n) is 2.22. The molecule has 0 radical (unpaired) electrons. The van der Waals surface area contributed by atoms with E-state index in [1.165, 1.54) is 5.56 Å². The van der Waals surface area contributed by atoms with Crippen molar-refractivity contribution >= 4 is 18.5 Å². The first kappa shape index (κ1) is 10.9. The number of aryl methyl sites for hydroxylation is 1. The summed E-state index contributed by atoms with van der Waals surface area (Å²) in [6, 6.07) is 15.6. The highest BCUT2D eigenvalue weighted by Crippen LogP contribution is 2.24. The Morgan fingerprint density at radius 1 is 1.00 bits per heavy atom. The van der Waals surface area contributed by atoms with Gasteiger partial charge in [0.25, 0.3) is 0 Å². The largest absolute Gasteiger partial charge is 0.457 e. The van der Waals surface area contributed by atoms with E-state index in [0.29, 0.717) is 0 Å². The molecule has 0 atom stereocenters. The second-order valence-corrected chi connectivity index (χ2v) is 3.78. The summed E-state index contributed by atoms with van der Waals surface area (Å²) in [6.45, 7) is 2.05. The Morgan fingerprint density at radius 2 is 1.75 bits per heavy atom. The van der Waals surface area contributed by atoms with Gasteiger partial charge in [0.15, 0.2) is 0 Å². The standard InChI is InChI=1S/C13H13NOS/c1-10-5-7-12(8-6-10)15-13-4-2-3-11(9-13)14-16/h2-9,14,16H,1H3. The molecule has 2 aromatic rings. The molecular formula is C13H13NOS. The van der Waals surface area contributed by atoms with Crippen LogP contribution >= 0.6 is 12.8 Å². The molecule has 0 aliphatic rings. The number of benzene rings is 2. The van der Waals surface area contributed by atoms with Crippen LogP contribution in [0.4, 0.5) is 5.69 Å². The van der Waals surface area contributed by atoms with Crippen molar-refractivity contribution in [3.05, 3.63) is 54.1 Å². The number of anilines is 1. The fourth-order valence-corrected chi connectivity index (χ4v) is 1.51. The Kier molecular flexibility index (Phi) is 3.37. The average Bonchev–Trinajstić information content (AvgIpc) is 2.32. The molecule has 16 heavy (non-hydrogen) atoms. The van der Waals surface area contributed by atoms with E-state index in [-0.39, 0.29) is 0 Å². The first-order chi connectivity index (χ1) is 7.78. The third kappa shape index (κ3) is 2.70. The van der Waals surface area contributed by atoms with Crippen molar-refractivity contribution < 1.29 is 4.74 Å². The molecule has 0 bridgehead atoms. The molecule has 2 aromatic carbocycles. The van der Waals surface area contributed by atoms with Crippen molar-refractivity contribution in [2.75, 3.05) is 4.72 Å². The van der Waals surface area contributed by atoms with Gasteiger partial charge in [-0.25, -0.2) is 0 Å². The summed E-state index contributed by atoms with van der Waals surface area (Å²) in [5.74, 6) is 1.63. The van der Waals surface area contributed by atoms with Gasteiger partial charge in [-0.1, -0.05) is 36.6 Å². The van der Waals surface area contributed by atoms with E-state index < -0.39 is 0 Å². The van der Waals surface area contributed by atoms with Gasteiger partial charge in [0.1, 0.15) is 11.5 Å². The van der Waals surface area contributed by atoms with Gasteiger partial charge in [-0.2, -0.15) is 0 Å². The van der Waals surface area contributed by atoms with Gasteiger partial charge in [0, 0.05) is 11.8 Å². The lowest BCUT2D eigenvalue weighted by Gasteiger charge is -2.07. The molecule has 0 heterocycles. The van der Waals surface area contributed by atoms with Crippen LogP contribution < -0.4 is 9.46 Å². The first-order valence-corrected chi connectivity index (χ1v) is 5.47. The van der Waals surface area contributed by atoms with Gasteiger partial charge in [-0.15, -0.1) is 0 Å². The van der Waals surface area contributed by atoms with Crippen molar-refractivity contribution in [2.24, 2.45) is 0 Å². The van der Waals surface area contributed by atoms with Crippen LogP contribution in [0, 0.1) is 6.92 Å². The molecule has 82 valence electrons. The maximum Gasteiger partial charge on any atom is 0.129 e. The minimum absolute atomic E-state index is 0.794. The number of hydrogen-bond acceptors (Lipinski definition) is 3. The molecule has 0 spiro atoms. The Balaban J connectivity index is 2.16. The highest BCUT2D eigenvalue weighted by atomic mass is 32.1. The van der Waals surface area contributed by atoms with Crippen molar-refractivity contribution in [3.8, 4) is 11.5 Å². The van der Waals surface area contributed by atoms with Crippen molar-refractivity contribution in [2.45, 2.75) is 6.92 Å². The fourth-order valence-electron chi connectivity index (χ4n) is 1.37. The predicted molar refractivity (Wildman–Crippen MR) is 70.3 cm³/mol. The molecular weight excluding hydrogens is 218 g/mol. The zero-order chi connectivity index (χ0) is 11.4. The van der Waals surface area contributed by atoms with E-state index >= 15 is 0 Å². The molecule has 2 rings (SSSR count). The molecule has 3 heteroatoms. The maximum atomic E-state index is 5.70. The van der Waals surface area contributed by atoms with E-state index in [0.717, 1.165) is 17.2 Å². The summed E-state index contributed by atoms with van der Waals surface area (Å²) >= 11 is 3.99. The van der Waals surface area contributed by atoms with Crippen LogP contribution in [0.5, 0.6) is 11.5 Å². The van der Waals surface area contributed by atoms with E-state index in [1.807, 2.05) is 48.5 Å². The SMILES string of the molecule is Cc1ccc(Oc2cccc(NS)c2)cc1. The summed E-state index contributed by atoms with van der Waals surface area (Å²) in [5.41, 5.74) is 2.13. The van der Waals surface area contributed by atoms with E-state index in [2.05, 4.69) is 24.5 Å². The van der Waals surface area contributed by atoms with Crippen LogP contribution in [0.1, 0.15) is 5.56 Å². The van der Waals surface area contributed by atoms with Gasteiger partial charge in [-0.3, -0.25) is 0 Å². The first-order valence-electron chi connectivity index (χ1n) is 5.02. The molecule has 0 saturated heterocycles. The summed E-state index contributed by atoms with van der Waals surface area (Å²) in [6.07, 6.45) is 0. The number of hydrogen-bond donors (Lipinski definition) is 2. The summed E-state index contributed by atoms with van der Waals surface area (Å²) in [4.78, 5) is 0. The van der Waals surface area contributed by atoms with Crippen LogP contribution in [0.3, 0.4) is 0 Å². The molecule has 0 aliphatic heterocycles. The van der Waals surface area contributed by atoms with Crippen molar-refractivity contribution in [3.63, 3.8) is 0 Å². The zero-order valence-electron chi connectivity index (χ0n) is 8.97. The lowest BCUT2D eigenvalue weighted by molar-refractivity contribution is 0.483. The van der Waals surface area contributed by atoms with E-state index in [4.69, 9.17) is 4.74 Å². The molecule has 0 aliphatic carbocycles. The van der Waals surface area contributed by atoms with Crippen LogP contribution in [-0.2, 0) is 0 Å². The minimum Gasteiger partial charge on any atom is -0.457 e. The number of ether oxygens (including phenoxy) is 1. The van der Waals surface area contributed by atoms with Crippen LogP contribution in [0.15, 0.2) is 48.5 Å². The molecule has 2 nitrogen and oxygen atoms in total. The second-order valence-electron chi connectivity index (χ2n) is 3.55. The quantitative estimate of drug-likeness (QED) is 0.778. The summed E-state index contributed by atoms with van der Waals surface area (Å²) in [7, 11) is 0. The van der Waals surface area contributed by atoms with Crippen LogP contribution in [0.25, 0.3) is 0 Å². The normalized spacial score (nSPS) is 9.88. The van der Waals surface area contributed by atoms with Gasteiger partial charge < -0.3 is 9.46 Å². The molecule has 0 amide bonds. The topological polar surface area (TPSA) is 21.3 Å². The van der Waals surface area contributed by atoms with Gasteiger partial charge in [-0.05, 0) is 31.2 Å². The Hall–Kier alpha value is -1.61. The molecule has 0 aromatic heterocycles. The highest BCUT2D eigenvalue weighted by molar-refractivity contribution is 7.81. The molecule has 0 saturated carbocycles. The third-order valence-corrected chi connectivity index (χ3v) is 2.48. The van der Waals surface area contributed by atoms with E-state index in [9.17, 15) is 0 Å². The fraction of sp³-hybridized carbons (Fsp3) is 0.0769. The highest BCUT2D eigenvalue weighted by Gasteiger charge is 1.97. The molecule has 0 fully saturated rings. The number of rotatable bonds is 3. The Morgan fingerprint density at radius 3 is 2.44 bits per heavy atom. The van der Waals surface area contributed by atoms with Gasteiger partial charge >= 0.3 is 0 Å².